The van der Waals surface area contributed by atoms with Gasteiger partial charge in [-0.3, -0.25) is 0 Å². The monoisotopic (exact) mass is 389 g/mol. The van der Waals surface area contributed by atoms with E-state index in [9.17, 15) is 5.11 Å². The molecule has 4 nitrogen and oxygen atoms in total. The van der Waals surface area contributed by atoms with Crippen molar-refractivity contribution < 1.29 is 14.6 Å². The van der Waals surface area contributed by atoms with Crippen molar-refractivity contribution in [3.8, 4) is 11.5 Å². The Morgan fingerprint density at radius 3 is 2.48 bits per heavy atom. The lowest BCUT2D eigenvalue weighted by Crippen LogP contribution is -2.17. The van der Waals surface area contributed by atoms with Crippen LogP contribution in [0.15, 0.2) is 66.7 Å². The number of benzene rings is 3. The molecule has 0 saturated carbocycles. The topological polar surface area (TPSA) is 54.5 Å². The van der Waals surface area contributed by atoms with E-state index >= 15 is 0 Å². The van der Waals surface area contributed by atoms with Crippen LogP contribution < -0.4 is 9.47 Å². The molecule has 0 aliphatic carbocycles. The van der Waals surface area contributed by atoms with Crippen molar-refractivity contribution >= 4 is 21.8 Å². The first-order valence-electron chi connectivity index (χ1n) is 10.2. The molecule has 0 aliphatic heterocycles. The zero-order valence-corrected chi connectivity index (χ0v) is 16.7. The van der Waals surface area contributed by atoms with E-state index in [0.29, 0.717) is 13.0 Å². The number of para-hydroxylation sites is 3. The molecule has 0 bridgehead atoms. The third-order valence-electron chi connectivity index (χ3n) is 5.22. The van der Waals surface area contributed by atoms with Crippen molar-refractivity contribution in [2.24, 2.45) is 0 Å². The molecule has 0 spiro atoms. The number of ether oxygens (including phenoxy) is 2. The van der Waals surface area contributed by atoms with Gasteiger partial charge in [0, 0.05) is 16.3 Å². The van der Waals surface area contributed by atoms with Crippen molar-refractivity contribution in [1.82, 2.24) is 4.98 Å². The second-order valence-corrected chi connectivity index (χ2v) is 7.42. The van der Waals surface area contributed by atoms with Crippen molar-refractivity contribution in [1.29, 1.82) is 0 Å². The minimum absolute atomic E-state index is 0.285. The van der Waals surface area contributed by atoms with Gasteiger partial charge < -0.3 is 19.6 Å². The Balaban J connectivity index is 1.26. The zero-order chi connectivity index (χ0) is 20.1. The molecule has 1 aromatic heterocycles. The SMILES string of the molecule is Cc1ccccc1OCCCCC(O)COc1cccc2c1[nH]c1ccccc12. The summed E-state index contributed by atoms with van der Waals surface area (Å²) in [6.07, 6.45) is 2.00. The van der Waals surface area contributed by atoms with Crippen molar-refractivity contribution in [3.63, 3.8) is 0 Å². The summed E-state index contributed by atoms with van der Waals surface area (Å²) in [5, 5.41) is 12.6. The molecule has 3 aromatic carbocycles. The third-order valence-corrected chi connectivity index (χ3v) is 5.22. The number of fused-ring (bicyclic) bond motifs is 3. The highest BCUT2D eigenvalue weighted by molar-refractivity contribution is 6.09. The minimum atomic E-state index is -0.493. The van der Waals surface area contributed by atoms with Crippen LogP contribution >= 0.6 is 0 Å². The fourth-order valence-electron chi connectivity index (χ4n) is 3.62. The summed E-state index contributed by atoms with van der Waals surface area (Å²) < 4.78 is 11.7. The summed E-state index contributed by atoms with van der Waals surface area (Å²) in [5.41, 5.74) is 3.22. The first-order valence-corrected chi connectivity index (χ1v) is 10.2. The Labute approximate surface area is 171 Å². The molecule has 1 heterocycles. The lowest BCUT2D eigenvalue weighted by molar-refractivity contribution is 0.0971. The number of nitrogens with one attached hydrogen (secondary N) is 1. The van der Waals surface area contributed by atoms with Crippen molar-refractivity contribution in [2.75, 3.05) is 13.2 Å². The van der Waals surface area contributed by atoms with Gasteiger partial charge in [-0.05, 0) is 49.9 Å². The van der Waals surface area contributed by atoms with Gasteiger partial charge in [-0.15, -0.1) is 0 Å². The molecule has 150 valence electrons. The maximum atomic E-state index is 10.3. The summed E-state index contributed by atoms with van der Waals surface area (Å²) in [6, 6.07) is 22.3. The third kappa shape index (κ3) is 4.54. The van der Waals surface area contributed by atoms with E-state index in [0.717, 1.165) is 46.3 Å². The Bertz CT molecular complexity index is 1090. The standard InChI is InChI=1S/C25H27NO3/c1-18-9-2-5-14-23(18)28-16-7-6-10-19(27)17-29-24-15-8-12-21-20-11-3-4-13-22(20)26-25(21)24/h2-5,8-9,11-15,19,26-27H,6-7,10,16-17H2,1H3. The van der Waals surface area contributed by atoms with Crippen LogP contribution in [-0.4, -0.2) is 29.4 Å². The highest BCUT2D eigenvalue weighted by Gasteiger charge is 2.11. The fourth-order valence-corrected chi connectivity index (χ4v) is 3.62. The summed E-state index contributed by atoms with van der Waals surface area (Å²) in [7, 11) is 0. The van der Waals surface area contributed by atoms with Gasteiger partial charge >= 0.3 is 0 Å². The van der Waals surface area contributed by atoms with Crippen LogP contribution in [0.3, 0.4) is 0 Å². The number of unbranched alkanes of at least 4 members (excludes halogenated alkanes) is 1. The maximum Gasteiger partial charge on any atom is 0.143 e. The van der Waals surface area contributed by atoms with Gasteiger partial charge in [-0.2, -0.15) is 0 Å². The molecule has 4 rings (SSSR count). The first-order chi connectivity index (χ1) is 14.2. The largest absolute Gasteiger partial charge is 0.493 e. The number of aromatic amines is 1. The van der Waals surface area contributed by atoms with Crippen LogP contribution in [0.4, 0.5) is 0 Å². The summed E-state index contributed by atoms with van der Waals surface area (Å²) in [5.74, 6) is 1.71. The quantitative estimate of drug-likeness (QED) is 0.365. The number of hydrogen-bond acceptors (Lipinski definition) is 3. The van der Waals surface area contributed by atoms with Crippen LogP contribution in [0.2, 0.25) is 0 Å². The molecular formula is C25H27NO3. The predicted molar refractivity (Wildman–Crippen MR) is 118 cm³/mol. The molecule has 4 aromatic rings. The van der Waals surface area contributed by atoms with E-state index in [1.807, 2.05) is 55.5 Å². The summed E-state index contributed by atoms with van der Waals surface area (Å²) >= 11 is 0. The van der Waals surface area contributed by atoms with Crippen LogP contribution in [-0.2, 0) is 0 Å². The highest BCUT2D eigenvalue weighted by Crippen LogP contribution is 2.31. The van der Waals surface area contributed by atoms with Crippen LogP contribution in [0.5, 0.6) is 11.5 Å². The number of aromatic nitrogens is 1. The molecule has 0 fully saturated rings. The fraction of sp³-hybridized carbons (Fsp3) is 0.280. The second-order valence-electron chi connectivity index (χ2n) is 7.42. The van der Waals surface area contributed by atoms with Gasteiger partial charge in [0.25, 0.3) is 0 Å². The van der Waals surface area contributed by atoms with Gasteiger partial charge in [0.15, 0.2) is 0 Å². The second kappa shape index (κ2) is 9.01. The number of hydrogen-bond donors (Lipinski definition) is 2. The van der Waals surface area contributed by atoms with Crippen LogP contribution in [0.25, 0.3) is 21.8 Å². The van der Waals surface area contributed by atoms with E-state index in [1.165, 1.54) is 5.39 Å². The molecule has 1 atom stereocenters. The maximum absolute atomic E-state index is 10.3. The van der Waals surface area contributed by atoms with Gasteiger partial charge in [-0.1, -0.05) is 48.5 Å². The highest BCUT2D eigenvalue weighted by atomic mass is 16.5. The van der Waals surface area contributed by atoms with E-state index in [1.54, 1.807) is 0 Å². The number of aryl methyl sites for hydroxylation is 1. The number of aliphatic hydroxyl groups is 1. The predicted octanol–water partition coefficient (Wildman–Crippen LogP) is 5.62. The van der Waals surface area contributed by atoms with Gasteiger partial charge in [-0.25, -0.2) is 0 Å². The normalized spacial score (nSPS) is 12.3. The van der Waals surface area contributed by atoms with Gasteiger partial charge in [0.1, 0.15) is 18.1 Å². The molecule has 4 heteroatoms. The molecule has 0 radical (unpaired) electrons. The van der Waals surface area contributed by atoms with E-state index in [4.69, 9.17) is 9.47 Å². The molecule has 0 aliphatic rings. The Hall–Kier alpha value is -2.98. The van der Waals surface area contributed by atoms with Crippen molar-refractivity contribution in [2.45, 2.75) is 32.3 Å². The van der Waals surface area contributed by atoms with E-state index in [2.05, 4.69) is 23.2 Å². The van der Waals surface area contributed by atoms with Gasteiger partial charge in [0.05, 0.1) is 18.2 Å². The number of aliphatic hydroxyl groups excluding tert-OH is 1. The Morgan fingerprint density at radius 2 is 1.59 bits per heavy atom. The summed E-state index contributed by atoms with van der Waals surface area (Å²) in [6.45, 7) is 2.99. The Kier molecular flexibility index (Phi) is 6.01. The molecule has 2 N–H and O–H groups in total. The molecule has 0 amide bonds. The first kappa shape index (κ1) is 19.3. The average Bonchev–Trinajstić information content (AvgIpc) is 3.12. The molecule has 29 heavy (non-hydrogen) atoms. The minimum Gasteiger partial charge on any atom is -0.493 e. The zero-order valence-electron chi connectivity index (χ0n) is 16.7. The lowest BCUT2D eigenvalue weighted by Gasteiger charge is -2.13. The average molecular weight is 389 g/mol. The van der Waals surface area contributed by atoms with Crippen LogP contribution in [0, 0.1) is 6.92 Å². The van der Waals surface area contributed by atoms with Gasteiger partial charge in [0.2, 0.25) is 0 Å². The van der Waals surface area contributed by atoms with E-state index < -0.39 is 6.10 Å². The Morgan fingerprint density at radius 1 is 0.828 bits per heavy atom. The van der Waals surface area contributed by atoms with Crippen molar-refractivity contribution in [3.05, 3.63) is 72.3 Å². The van der Waals surface area contributed by atoms with E-state index in [-0.39, 0.29) is 6.61 Å². The smallest absolute Gasteiger partial charge is 0.143 e. The summed E-state index contributed by atoms with van der Waals surface area (Å²) in [4.78, 5) is 3.43. The number of H-pyrrole nitrogens is 1. The number of rotatable bonds is 9. The molecule has 1 unspecified atom stereocenters. The molecular weight excluding hydrogens is 362 g/mol. The molecule has 0 saturated heterocycles. The lowest BCUT2D eigenvalue weighted by atomic mass is 10.1. The van der Waals surface area contributed by atoms with Crippen LogP contribution in [0.1, 0.15) is 24.8 Å².